The zero-order valence-corrected chi connectivity index (χ0v) is 11.3. The monoisotopic (exact) mass is 294 g/mol. The van der Waals surface area contributed by atoms with Gasteiger partial charge in [0.1, 0.15) is 0 Å². The second-order valence-corrected chi connectivity index (χ2v) is 4.34. The third kappa shape index (κ3) is 5.01. The van der Waals surface area contributed by atoms with Crippen molar-refractivity contribution >= 4 is 23.3 Å². The Labute approximate surface area is 119 Å². The van der Waals surface area contributed by atoms with Gasteiger partial charge in [0, 0.05) is 19.0 Å². The number of nitro benzene ring substituents is 1. The molecule has 1 aromatic carbocycles. The Morgan fingerprint density at radius 2 is 1.95 bits per heavy atom. The lowest BCUT2D eigenvalue weighted by molar-refractivity contribution is -0.385. The van der Waals surface area contributed by atoms with Crippen LogP contribution in [0.2, 0.25) is 0 Å². The summed E-state index contributed by atoms with van der Waals surface area (Å²) in [6.07, 6.45) is -0.424. The van der Waals surface area contributed by atoms with E-state index in [1.54, 1.807) is 0 Å². The molecule has 2 N–H and O–H groups in total. The number of carbonyl (C=O) groups is 3. The van der Waals surface area contributed by atoms with Crippen LogP contribution in [0.3, 0.4) is 0 Å². The summed E-state index contributed by atoms with van der Waals surface area (Å²) in [6, 6.07) is 3.98. The van der Waals surface area contributed by atoms with Crippen molar-refractivity contribution in [3.63, 3.8) is 0 Å². The van der Waals surface area contributed by atoms with Gasteiger partial charge < -0.3 is 10.4 Å². The van der Waals surface area contributed by atoms with E-state index in [0.29, 0.717) is 5.56 Å². The van der Waals surface area contributed by atoms with Gasteiger partial charge in [-0.1, -0.05) is 6.07 Å². The van der Waals surface area contributed by atoms with Crippen LogP contribution in [0, 0.1) is 10.1 Å². The molecule has 0 aliphatic carbocycles. The number of carbonyl (C=O) groups excluding carboxylic acids is 2. The number of benzene rings is 1. The molecular weight excluding hydrogens is 280 g/mol. The third-order valence-electron chi connectivity index (χ3n) is 2.69. The normalized spacial score (nSPS) is 9.95. The molecule has 8 heteroatoms. The van der Waals surface area contributed by atoms with Gasteiger partial charge in [-0.25, -0.2) is 0 Å². The largest absolute Gasteiger partial charge is 0.481 e. The molecule has 0 spiro atoms. The third-order valence-corrected chi connectivity index (χ3v) is 2.69. The van der Waals surface area contributed by atoms with E-state index in [4.69, 9.17) is 5.11 Å². The molecule has 21 heavy (non-hydrogen) atoms. The van der Waals surface area contributed by atoms with Crippen LogP contribution in [0.4, 0.5) is 5.69 Å². The Morgan fingerprint density at radius 1 is 1.29 bits per heavy atom. The standard InChI is InChI=1S/C13H14N2O6/c1-8(16)10-6-9(2-3-11(10)15(20)21)7-14-12(17)4-5-13(18)19/h2-3,6H,4-5,7H2,1H3,(H,14,17)(H,18,19). The average molecular weight is 294 g/mol. The number of carboxylic acid groups (broad SMARTS) is 1. The summed E-state index contributed by atoms with van der Waals surface area (Å²) in [4.78, 5) is 43.2. The average Bonchev–Trinajstić information content (AvgIpc) is 2.42. The minimum absolute atomic E-state index is 0.0303. The van der Waals surface area contributed by atoms with Crippen molar-refractivity contribution in [3.05, 3.63) is 39.4 Å². The lowest BCUT2D eigenvalue weighted by atomic mass is 10.1. The maximum Gasteiger partial charge on any atom is 0.303 e. The molecule has 0 aromatic heterocycles. The predicted molar refractivity (Wildman–Crippen MR) is 71.8 cm³/mol. The van der Waals surface area contributed by atoms with Gasteiger partial charge in [-0.3, -0.25) is 24.5 Å². The van der Waals surface area contributed by atoms with Crippen molar-refractivity contribution in [2.75, 3.05) is 0 Å². The fourth-order valence-electron chi connectivity index (χ4n) is 1.64. The number of amides is 1. The van der Waals surface area contributed by atoms with Crippen molar-refractivity contribution < 1.29 is 24.4 Å². The summed E-state index contributed by atoms with van der Waals surface area (Å²) < 4.78 is 0. The van der Waals surface area contributed by atoms with E-state index in [0.717, 1.165) is 0 Å². The summed E-state index contributed by atoms with van der Waals surface area (Å²) >= 11 is 0. The first-order valence-corrected chi connectivity index (χ1v) is 6.08. The Morgan fingerprint density at radius 3 is 2.48 bits per heavy atom. The summed E-state index contributed by atoms with van der Waals surface area (Å²) in [5, 5.41) is 21.7. The number of rotatable bonds is 7. The molecule has 0 heterocycles. The highest BCUT2D eigenvalue weighted by molar-refractivity contribution is 5.98. The number of nitrogens with one attached hydrogen (secondary N) is 1. The van der Waals surface area contributed by atoms with Crippen LogP contribution in [0.1, 0.15) is 35.7 Å². The Hall–Kier alpha value is -2.77. The highest BCUT2D eigenvalue weighted by Crippen LogP contribution is 2.20. The molecule has 0 aliphatic rings. The molecular formula is C13H14N2O6. The number of nitrogens with zero attached hydrogens (tertiary/aromatic N) is 1. The van der Waals surface area contributed by atoms with E-state index < -0.39 is 22.6 Å². The van der Waals surface area contributed by atoms with E-state index in [1.165, 1.54) is 25.1 Å². The van der Waals surface area contributed by atoms with Crippen molar-refractivity contribution in [1.82, 2.24) is 5.32 Å². The highest BCUT2D eigenvalue weighted by atomic mass is 16.6. The van der Waals surface area contributed by atoms with Gasteiger partial charge in [0.15, 0.2) is 5.78 Å². The molecule has 0 bridgehead atoms. The van der Waals surface area contributed by atoms with Crippen molar-refractivity contribution in [3.8, 4) is 0 Å². The minimum Gasteiger partial charge on any atom is -0.481 e. The fourth-order valence-corrected chi connectivity index (χ4v) is 1.64. The smallest absolute Gasteiger partial charge is 0.303 e. The molecule has 0 atom stereocenters. The van der Waals surface area contributed by atoms with Gasteiger partial charge in [0.05, 0.1) is 16.9 Å². The molecule has 0 unspecified atom stereocenters. The van der Waals surface area contributed by atoms with E-state index in [1.807, 2.05) is 0 Å². The minimum atomic E-state index is -1.07. The van der Waals surface area contributed by atoms with Crippen LogP contribution < -0.4 is 5.32 Å². The molecule has 1 aromatic rings. The zero-order chi connectivity index (χ0) is 16.0. The molecule has 0 aliphatic heterocycles. The summed E-state index contributed by atoms with van der Waals surface area (Å²) in [5.41, 5.74) is 0.204. The molecule has 0 radical (unpaired) electrons. The molecule has 8 nitrogen and oxygen atoms in total. The maximum absolute atomic E-state index is 11.4. The van der Waals surface area contributed by atoms with E-state index in [-0.39, 0.29) is 30.6 Å². The number of ketones is 1. The van der Waals surface area contributed by atoms with Gasteiger partial charge >= 0.3 is 5.97 Å². The van der Waals surface area contributed by atoms with E-state index >= 15 is 0 Å². The molecule has 112 valence electrons. The van der Waals surface area contributed by atoms with Gasteiger partial charge in [-0.15, -0.1) is 0 Å². The second kappa shape index (κ2) is 7.13. The molecule has 0 fully saturated rings. The molecule has 1 amide bonds. The van der Waals surface area contributed by atoms with E-state index in [2.05, 4.69) is 5.32 Å². The second-order valence-electron chi connectivity index (χ2n) is 4.34. The number of aliphatic carboxylic acids is 1. The number of hydrogen-bond donors (Lipinski definition) is 2. The lowest BCUT2D eigenvalue weighted by Gasteiger charge is -2.06. The first kappa shape index (κ1) is 16.3. The van der Waals surface area contributed by atoms with Crippen LogP contribution in [0.25, 0.3) is 0 Å². The van der Waals surface area contributed by atoms with Crippen molar-refractivity contribution in [1.29, 1.82) is 0 Å². The zero-order valence-electron chi connectivity index (χ0n) is 11.3. The summed E-state index contributed by atoms with van der Waals surface area (Å²) in [5.74, 6) is -1.96. The topological polar surface area (TPSA) is 127 Å². The summed E-state index contributed by atoms with van der Waals surface area (Å²) in [6.45, 7) is 1.29. The van der Waals surface area contributed by atoms with Crippen LogP contribution in [-0.2, 0) is 16.1 Å². The van der Waals surface area contributed by atoms with Crippen LogP contribution >= 0.6 is 0 Å². The van der Waals surface area contributed by atoms with Crippen molar-refractivity contribution in [2.45, 2.75) is 26.3 Å². The van der Waals surface area contributed by atoms with E-state index in [9.17, 15) is 24.5 Å². The Bertz CT molecular complexity index is 596. The lowest BCUT2D eigenvalue weighted by Crippen LogP contribution is -2.23. The van der Waals surface area contributed by atoms with Gasteiger partial charge in [-0.2, -0.15) is 0 Å². The van der Waals surface area contributed by atoms with Crippen molar-refractivity contribution in [2.24, 2.45) is 0 Å². The molecule has 0 saturated heterocycles. The number of carboxylic acids is 1. The van der Waals surface area contributed by atoms with Gasteiger partial charge in [0.2, 0.25) is 5.91 Å². The summed E-state index contributed by atoms with van der Waals surface area (Å²) in [7, 11) is 0. The SMILES string of the molecule is CC(=O)c1cc(CNC(=O)CCC(=O)O)ccc1[N+](=O)[O-]. The quantitative estimate of drug-likeness (QED) is 0.443. The van der Waals surface area contributed by atoms with Crippen LogP contribution in [0.15, 0.2) is 18.2 Å². The predicted octanol–water partition coefficient (Wildman–Crippen LogP) is 1.28. The highest BCUT2D eigenvalue weighted by Gasteiger charge is 2.17. The molecule has 1 rings (SSSR count). The maximum atomic E-state index is 11.4. The first-order valence-electron chi connectivity index (χ1n) is 6.08. The number of Topliss-reactive ketones (excluding diaryl/α,β-unsaturated/α-hetero) is 1. The Balaban J connectivity index is 2.75. The van der Waals surface area contributed by atoms with Gasteiger partial charge in [0.25, 0.3) is 5.69 Å². The molecule has 0 saturated carbocycles. The van der Waals surface area contributed by atoms with Crippen LogP contribution in [-0.4, -0.2) is 27.7 Å². The fraction of sp³-hybridized carbons (Fsp3) is 0.308. The first-order chi connectivity index (χ1) is 9.81. The number of nitro groups is 1. The number of hydrogen-bond acceptors (Lipinski definition) is 5. The van der Waals surface area contributed by atoms with Gasteiger partial charge in [-0.05, 0) is 18.6 Å². The Kier molecular flexibility index (Phi) is 5.53. The van der Waals surface area contributed by atoms with Crippen LogP contribution in [0.5, 0.6) is 0 Å².